The van der Waals surface area contributed by atoms with Crippen LogP contribution in [-0.2, 0) is 20.8 Å². The van der Waals surface area contributed by atoms with Crippen LogP contribution in [0.4, 0.5) is 18.0 Å². The zero-order valence-electron chi connectivity index (χ0n) is 23.0. The van der Waals surface area contributed by atoms with Crippen molar-refractivity contribution in [3.8, 4) is 0 Å². The molecule has 3 atom stereocenters. The molecule has 13 heteroatoms. The Morgan fingerprint density at radius 2 is 1.56 bits per heavy atom. The van der Waals surface area contributed by atoms with Crippen molar-refractivity contribution in [1.29, 1.82) is 0 Å². The number of carbonyl (C=O) groups excluding carboxylic acids is 2. The van der Waals surface area contributed by atoms with Gasteiger partial charge >= 0.3 is 24.1 Å². The molecule has 3 amide bonds. The lowest BCUT2D eigenvalue weighted by molar-refractivity contribution is -0.192. The zero-order chi connectivity index (χ0) is 30.4. The summed E-state index contributed by atoms with van der Waals surface area (Å²) in [6.07, 6.45) is 5.58. The minimum absolute atomic E-state index is 0.0702. The largest absolute Gasteiger partial charge is 0.490 e. The smallest absolute Gasteiger partial charge is 0.480 e. The SMILES string of the molecule is NCCCC[C@H](NC(=O)N[C@H](CC1CCCCC1)C(=O)NC1CCCc2ccccc21)C(=O)O.O=C(O)C(F)(F)F. The molecular formula is C28H41F3N4O6. The first-order valence-electron chi connectivity index (χ1n) is 14.1. The quantitative estimate of drug-likeness (QED) is 0.213. The van der Waals surface area contributed by atoms with Crippen LogP contribution in [0.2, 0.25) is 0 Å². The van der Waals surface area contributed by atoms with Gasteiger partial charge in [-0.25, -0.2) is 14.4 Å². The molecule has 0 radical (unpaired) electrons. The number of rotatable bonds is 11. The van der Waals surface area contributed by atoms with Crippen LogP contribution in [-0.4, -0.2) is 58.9 Å². The molecule has 0 aromatic heterocycles. The maximum absolute atomic E-state index is 13.4. The number of alkyl halides is 3. The van der Waals surface area contributed by atoms with Gasteiger partial charge in [-0.05, 0) is 68.5 Å². The second kappa shape index (κ2) is 16.8. The summed E-state index contributed by atoms with van der Waals surface area (Å²) in [5.74, 6) is -3.66. The van der Waals surface area contributed by atoms with Gasteiger partial charge in [0, 0.05) is 0 Å². The van der Waals surface area contributed by atoms with E-state index in [0.29, 0.717) is 38.1 Å². The number of unbranched alkanes of at least 4 members (excludes halogenated alkanes) is 1. The van der Waals surface area contributed by atoms with Crippen LogP contribution in [0.15, 0.2) is 24.3 Å². The molecule has 1 aromatic carbocycles. The van der Waals surface area contributed by atoms with E-state index in [-0.39, 0.29) is 11.9 Å². The molecule has 0 bridgehead atoms. The average Bonchev–Trinajstić information content (AvgIpc) is 2.92. The average molecular weight is 587 g/mol. The summed E-state index contributed by atoms with van der Waals surface area (Å²) < 4.78 is 31.7. The summed E-state index contributed by atoms with van der Waals surface area (Å²) in [7, 11) is 0. The molecule has 1 fully saturated rings. The van der Waals surface area contributed by atoms with Crippen molar-refractivity contribution in [1.82, 2.24) is 16.0 Å². The molecule has 0 heterocycles. The van der Waals surface area contributed by atoms with E-state index in [2.05, 4.69) is 28.1 Å². The Morgan fingerprint density at radius 3 is 2.17 bits per heavy atom. The minimum Gasteiger partial charge on any atom is -0.480 e. The Kier molecular flexibility index (Phi) is 13.9. The molecule has 3 rings (SSSR count). The highest BCUT2D eigenvalue weighted by Crippen LogP contribution is 2.31. The lowest BCUT2D eigenvalue weighted by Crippen LogP contribution is -2.54. The number of halogens is 3. The number of aliphatic carboxylic acids is 2. The van der Waals surface area contributed by atoms with Crippen LogP contribution in [0.5, 0.6) is 0 Å². The number of fused-ring (bicyclic) bond motifs is 1. The summed E-state index contributed by atoms with van der Waals surface area (Å²) in [5, 5.41) is 25.1. The number of nitrogens with one attached hydrogen (secondary N) is 3. The fourth-order valence-corrected chi connectivity index (χ4v) is 5.27. The third kappa shape index (κ3) is 12.0. The predicted molar refractivity (Wildman–Crippen MR) is 145 cm³/mol. The number of carbonyl (C=O) groups is 4. The van der Waals surface area contributed by atoms with Gasteiger partial charge in [-0.2, -0.15) is 13.2 Å². The van der Waals surface area contributed by atoms with Crippen molar-refractivity contribution in [2.45, 2.75) is 101 Å². The number of hydrogen-bond donors (Lipinski definition) is 6. The number of nitrogens with two attached hydrogens (primary N) is 1. The molecule has 41 heavy (non-hydrogen) atoms. The van der Waals surface area contributed by atoms with Crippen LogP contribution >= 0.6 is 0 Å². The molecule has 7 N–H and O–H groups in total. The monoisotopic (exact) mass is 586 g/mol. The van der Waals surface area contributed by atoms with E-state index in [0.717, 1.165) is 50.5 Å². The van der Waals surface area contributed by atoms with E-state index in [9.17, 15) is 32.7 Å². The van der Waals surface area contributed by atoms with Crippen LogP contribution in [0, 0.1) is 5.92 Å². The molecule has 0 saturated heterocycles. The number of urea groups is 1. The summed E-state index contributed by atoms with van der Waals surface area (Å²) >= 11 is 0. The third-order valence-electron chi connectivity index (χ3n) is 7.39. The Morgan fingerprint density at radius 1 is 0.927 bits per heavy atom. The molecular weight excluding hydrogens is 545 g/mol. The highest BCUT2D eigenvalue weighted by atomic mass is 19.4. The van der Waals surface area contributed by atoms with Crippen molar-refractivity contribution in [2.75, 3.05) is 6.54 Å². The van der Waals surface area contributed by atoms with Gasteiger partial charge < -0.3 is 31.9 Å². The second-order valence-corrected chi connectivity index (χ2v) is 10.5. The Bertz CT molecular complexity index is 1020. The van der Waals surface area contributed by atoms with E-state index < -0.39 is 36.2 Å². The van der Waals surface area contributed by atoms with Gasteiger partial charge in [-0.15, -0.1) is 0 Å². The Labute approximate surface area is 237 Å². The third-order valence-corrected chi connectivity index (χ3v) is 7.39. The van der Waals surface area contributed by atoms with Crippen molar-refractivity contribution < 1.29 is 42.6 Å². The van der Waals surface area contributed by atoms with E-state index in [1.807, 2.05) is 12.1 Å². The van der Waals surface area contributed by atoms with Crippen LogP contribution in [0.1, 0.15) is 87.8 Å². The van der Waals surface area contributed by atoms with Crippen molar-refractivity contribution in [2.24, 2.45) is 11.7 Å². The first-order valence-corrected chi connectivity index (χ1v) is 14.1. The van der Waals surface area contributed by atoms with Crippen molar-refractivity contribution >= 4 is 23.9 Å². The number of amides is 3. The zero-order valence-corrected chi connectivity index (χ0v) is 23.0. The predicted octanol–water partition coefficient (Wildman–Crippen LogP) is 4.03. The van der Waals surface area contributed by atoms with Gasteiger partial charge in [0.25, 0.3) is 0 Å². The summed E-state index contributed by atoms with van der Waals surface area (Å²) in [5.41, 5.74) is 7.90. The summed E-state index contributed by atoms with van der Waals surface area (Å²) in [4.78, 5) is 46.6. The number of hydrogen-bond acceptors (Lipinski definition) is 5. The van der Waals surface area contributed by atoms with E-state index in [1.165, 1.54) is 12.0 Å². The fraction of sp³-hybridized carbons (Fsp3) is 0.643. The van der Waals surface area contributed by atoms with Crippen LogP contribution < -0.4 is 21.7 Å². The fourth-order valence-electron chi connectivity index (χ4n) is 5.27. The van der Waals surface area contributed by atoms with Gasteiger partial charge in [0.15, 0.2) is 0 Å². The highest BCUT2D eigenvalue weighted by molar-refractivity contribution is 5.89. The molecule has 2 aliphatic rings. The second-order valence-electron chi connectivity index (χ2n) is 10.5. The molecule has 0 aliphatic heterocycles. The first-order chi connectivity index (χ1) is 19.4. The van der Waals surface area contributed by atoms with E-state index in [4.69, 9.17) is 15.6 Å². The van der Waals surface area contributed by atoms with Gasteiger partial charge in [0.05, 0.1) is 6.04 Å². The molecule has 10 nitrogen and oxygen atoms in total. The lowest BCUT2D eigenvalue weighted by atomic mass is 9.84. The highest BCUT2D eigenvalue weighted by Gasteiger charge is 2.38. The molecule has 1 aromatic rings. The number of carboxylic acid groups (broad SMARTS) is 2. The van der Waals surface area contributed by atoms with Gasteiger partial charge in [0.2, 0.25) is 5.91 Å². The van der Waals surface area contributed by atoms with Crippen LogP contribution in [0.25, 0.3) is 0 Å². The normalized spacial score (nSPS) is 18.5. The Hall–Kier alpha value is -3.35. The van der Waals surface area contributed by atoms with Crippen molar-refractivity contribution in [3.05, 3.63) is 35.4 Å². The minimum atomic E-state index is -5.08. The number of carboxylic acids is 2. The van der Waals surface area contributed by atoms with E-state index in [1.54, 1.807) is 0 Å². The Balaban J connectivity index is 0.000000745. The van der Waals surface area contributed by atoms with Gasteiger partial charge in [-0.1, -0.05) is 56.4 Å². The standard InChI is InChI=1S/C26H40N4O4.C2HF3O2/c27-16-7-6-14-22(25(32)33)29-26(34)30-23(17-18-9-2-1-3-10-18)24(31)28-21-15-8-12-19-11-4-5-13-20(19)21;3-2(4,5)1(6)7/h4-5,11,13,18,21-23H,1-3,6-10,12,14-17,27H2,(H,28,31)(H,32,33)(H2,29,30,34);(H,6,7)/t21?,22-,23+;/m0./s1. The number of aryl methyl sites for hydroxylation is 1. The molecule has 0 spiro atoms. The van der Waals surface area contributed by atoms with Crippen LogP contribution in [0.3, 0.4) is 0 Å². The summed E-state index contributed by atoms with van der Waals surface area (Å²) in [6.45, 7) is 0.479. The number of benzene rings is 1. The lowest BCUT2D eigenvalue weighted by Gasteiger charge is -2.30. The molecule has 1 saturated carbocycles. The first kappa shape index (κ1) is 33.9. The molecule has 2 aliphatic carbocycles. The molecule has 230 valence electrons. The molecule has 1 unspecified atom stereocenters. The maximum Gasteiger partial charge on any atom is 0.490 e. The van der Waals surface area contributed by atoms with Gasteiger partial charge in [0.1, 0.15) is 12.1 Å². The van der Waals surface area contributed by atoms with Gasteiger partial charge in [-0.3, -0.25) is 4.79 Å². The van der Waals surface area contributed by atoms with Crippen molar-refractivity contribution in [3.63, 3.8) is 0 Å². The maximum atomic E-state index is 13.4. The van der Waals surface area contributed by atoms with E-state index >= 15 is 0 Å². The topological polar surface area (TPSA) is 171 Å². The summed E-state index contributed by atoms with van der Waals surface area (Å²) in [6, 6.07) is 5.80.